The zero-order valence-corrected chi connectivity index (χ0v) is 20.5. The molecule has 5 rings (SSSR count). The van der Waals surface area contributed by atoms with Gasteiger partial charge in [0.1, 0.15) is 5.71 Å². The van der Waals surface area contributed by atoms with Crippen molar-refractivity contribution >= 4 is 45.8 Å². The molecule has 0 fully saturated rings. The molecular formula is C27H20ClN3O3S. The molecule has 3 aromatic carbocycles. The summed E-state index contributed by atoms with van der Waals surface area (Å²) in [5, 5.41) is 9.09. The number of carbonyl (C=O) groups excluding carboxylic acids is 1. The summed E-state index contributed by atoms with van der Waals surface area (Å²) in [4.78, 5) is 18.3. The number of anilines is 1. The van der Waals surface area contributed by atoms with Crippen LogP contribution in [0.4, 0.5) is 5.13 Å². The summed E-state index contributed by atoms with van der Waals surface area (Å²) in [5.74, 6) is 0.939. The minimum Gasteiger partial charge on any atom is -0.493 e. The van der Waals surface area contributed by atoms with Crippen LogP contribution in [-0.2, 0) is 4.79 Å². The van der Waals surface area contributed by atoms with Crippen LogP contribution < -0.4 is 14.5 Å². The van der Waals surface area contributed by atoms with Crippen LogP contribution in [-0.4, -0.2) is 30.8 Å². The molecule has 0 atom stereocenters. The second kappa shape index (κ2) is 9.74. The maximum absolute atomic E-state index is 13.6. The van der Waals surface area contributed by atoms with Crippen molar-refractivity contribution in [2.75, 3.05) is 19.2 Å². The van der Waals surface area contributed by atoms with E-state index in [2.05, 4.69) is 10.1 Å². The molecule has 1 amide bonds. The molecule has 0 saturated carbocycles. The van der Waals surface area contributed by atoms with Crippen molar-refractivity contribution < 1.29 is 14.3 Å². The van der Waals surface area contributed by atoms with Crippen LogP contribution >= 0.6 is 22.9 Å². The van der Waals surface area contributed by atoms with Crippen LogP contribution in [0, 0.1) is 0 Å². The second-order valence-electron chi connectivity index (χ2n) is 7.63. The van der Waals surface area contributed by atoms with Crippen LogP contribution in [0.1, 0.15) is 11.1 Å². The molecule has 0 N–H and O–H groups in total. The highest BCUT2D eigenvalue weighted by Gasteiger charge is 2.33. The number of aromatic nitrogens is 1. The standard InChI is InChI=1S/C27H20ClN3O3S/c1-33-23-13-8-17(15-24(23)34-2)14-21-25(19-6-4-3-5-7-19)30-31(26(21)32)27-29-22(16-35-27)18-9-11-20(28)12-10-18/h3-16H,1-2H3/b21-14+. The van der Waals surface area contributed by atoms with E-state index in [0.717, 1.165) is 22.4 Å². The Morgan fingerprint density at radius 2 is 1.66 bits per heavy atom. The highest BCUT2D eigenvalue weighted by atomic mass is 35.5. The number of hydrazone groups is 1. The van der Waals surface area contributed by atoms with E-state index in [4.69, 9.17) is 21.1 Å². The highest BCUT2D eigenvalue weighted by molar-refractivity contribution is 7.14. The van der Waals surface area contributed by atoms with Gasteiger partial charge < -0.3 is 9.47 Å². The third kappa shape index (κ3) is 4.56. The molecule has 4 aromatic rings. The molecule has 0 bridgehead atoms. The summed E-state index contributed by atoms with van der Waals surface area (Å²) >= 11 is 7.37. The molecule has 8 heteroatoms. The van der Waals surface area contributed by atoms with E-state index in [1.165, 1.54) is 16.3 Å². The summed E-state index contributed by atoms with van der Waals surface area (Å²) < 4.78 is 10.8. The van der Waals surface area contributed by atoms with Crippen LogP contribution in [0.5, 0.6) is 11.5 Å². The van der Waals surface area contributed by atoms with Crippen molar-refractivity contribution in [3.63, 3.8) is 0 Å². The number of thiazole rings is 1. The Morgan fingerprint density at radius 1 is 0.914 bits per heavy atom. The van der Waals surface area contributed by atoms with Gasteiger partial charge in [-0.1, -0.05) is 60.1 Å². The third-order valence-corrected chi connectivity index (χ3v) is 6.53. The van der Waals surface area contributed by atoms with Gasteiger partial charge in [-0.15, -0.1) is 11.3 Å². The first-order valence-electron chi connectivity index (χ1n) is 10.7. The van der Waals surface area contributed by atoms with Gasteiger partial charge in [0.15, 0.2) is 11.5 Å². The number of benzene rings is 3. The van der Waals surface area contributed by atoms with Crippen LogP contribution in [0.15, 0.2) is 88.9 Å². The largest absolute Gasteiger partial charge is 0.493 e. The highest BCUT2D eigenvalue weighted by Crippen LogP contribution is 2.34. The van der Waals surface area contributed by atoms with E-state index in [1.807, 2.05) is 78.2 Å². The van der Waals surface area contributed by atoms with E-state index in [1.54, 1.807) is 20.3 Å². The molecule has 0 radical (unpaired) electrons. The minimum atomic E-state index is -0.254. The van der Waals surface area contributed by atoms with E-state index in [0.29, 0.717) is 32.9 Å². The SMILES string of the molecule is COc1ccc(/C=C2/C(=O)N(c3nc(-c4ccc(Cl)cc4)cs3)N=C2c2ccccc2)cc1OC. The number of methoxy groups -OCH3 is 2. The Bertz CT molecular complexity index is 1450. The lowest BCUT2D eigenvalue weighted by atomic mass is 10.00. The first kappa shape index (κ1) is 22.8. The van der Waals surface area contributed by atoms with Crippen LogP contribution in [0.25, 0.3) is 17.3 Å². The van der Waals surface area contributed by atoms with E-state index in [-0.39, 0.29) is 5.91 Å². The van der Waals surface area contributed by atoms with Gasteiger partial charge in [-0.25, -0.2) is 4.98 Å². The summed E-state index contributed by atoms with van der Waals surface area (Å²) in [6, 6.07) is 22.5. The zero-order chi connectivity index (χ0) is 24.4. The Labute approximate surface area is 211 Å². The lowest BCUT2D eigenvalue weighted by molar-refractivity contribution is -0.114. The number of hydrogen-bond donors (Lipinski definition) is 0. The number of ether oxygens (including phenoxy) is 2. The molecule has 0 saturated heterocycles. The van der Waals surface area contributed by atoms with Gasteiger partial charge in [0, 0.05) is 21.5 Å². The van der Waals surface area contributed by atoms with E-state index >= 15 is 0 Å². The molecule has 1 aromatic heterocycles. The van der Waals surface area contributed by atoms with Crippen LogP contribution in [0.3, 0.4) is 0 Å². The number of halogens is 1. The summed E-state index contributed by atoms with van der Waals surface area (Å²) in [6.07, 6.45) is 1.81. The van der Waals surface area contributed by atoms with Crippen molar-refractivity contribution in [1.29, 1.82) is 0 Å². The van der Waals surface area contributed by atoms with Gasteiger partial charge >= 0.3 is 0 Å². The fraction of sp³-hybridized carbons (Fsp3) is 0.0741. The molecule has 35 heavy (non-hydrogen) atoms. The number of hydrogen-bond acceptors (Lipinski definition) is 6. The Kier molecular flexibility index (Phi) is 6.35. The van der Waals surface area contributed by atoms with Gasteiger partial charge in [-0.2, -0.15) is 10.1 Å². The maximum atomic E-state index is 13.6. The molecule has 1 aliphatic rings. The predicted octanol–water partition coefficient (Wildman–Crippen LogP) is 6.32. The molecule has 174 valence electrons. The first-order valence-corrected chi connectivity index (χ1v) is 12.0. The number of amides is 1. The van der Waals surface area contributed by atoms with Gasteiger partial charge in [-0.3, -0.25) is 4.79 Å². The fourth-order valence-corrected chi connectivity index (χ4v) is 4.61. The van der Waals surface area contributed by atoms with Gasteiger partial charge in [0.05, 0.1) is 25.5 Å². The number of carbonyl (C=O) groups is 1. The molecule has 0 spiro atoms. The smallest absolute Gasteiger partial charge is 0.283 e. The first-order chi connectivity index (χ1) is 17.1. The molecule has 0 aliphatic carbocycles. The lowest BCUT2D eigenvalue weighted by Gasteiger charge is -2.09. The van der Waals surface area contributed by atoms with Crippen molar-refractivity contribution in [2.24, 2.45) is 5.10 Å². The van der Waals surface area contributed by atoms with E-state index < -0.39 is 0 Å². The summed E-state index contributed by atoms with van der Waals surface area (Å²) in [7, 11) is 3.16. The predicted molar refractivity (Wildman–Crippen MR) is 141 cm³/mol. The van der Waals surface area contributed by atoms with Gasteiger partial charge in [0.25, 0.3) is 5.91 Å². The van der Waals surface area contributed by atoms with Crippen molar-refractivity contribution in [3.05, 3.63) is 99.9 Å². The molecular weight excluding hydrogens is 482 g/mol. The average Bonchev–Trinajstić information content (AvgIpc) is 3.50. The van der Waals surface area contributed by atoms with Crippen LogP contribution in [0.2, 0.25) is 5.02 Å². The number of nitrogens with zero attached hydrogens (tertiary/aromatic N) is 3. The minimum absolute atomic E-state index is 0.254. The molecule has 0 unspecified atom stereocenters. The monoisotopic (exact) mass is 501 g/mol. The average molecular weight is 502 g/mol. The van der Waals surface area contributed by atoms with Crippen molar-refractivity contribution in [3.8, 4) is 22.8 Å². The second-order valence-corrected chi connectivity index (χ2v) is 8.90. The normalized spacial score (nSPS) is 14.4. The Balaban J connectivity index is 1.55. The van der Waals surface area contributed by atoms with Gasteiger partial charge in [0.2, 0.25) is 5.13 Å². The molecule has 2 heterocycles. The van der Waals surface area contributed by atoms with Crippen molar-refractivity contribution in [1.82, 2.24) is 4.98 Å². The Morgan fingerprint density at radius 3 is 2.37 bits per heavy atom. The number of rotatable bonds is 6. The molecule has 6 nitrogen and oxygen atoms in total. The quantitative estimate of drug-likeness (QED) is 0.290. The fourth-order valence-electron chi connectivity index (χ4n) is 3.71. The lowest BCUT2D eigenvalue weighted by Crippen LogP contribution is -2.21. The van der Waals surface area contributed by atoms with Crippen molar-refractivity contribution in [2.45, 2.75) is 0 Å². The summed E-state index contributed by atoms with van der Waals surface area (Å²) in [5.41, 5.74) is 4.34. The van der Waals surface area contributed by atoms with E-state index in [9.17, 15) is 4.79 Å². The Hall–Kier alpha value is -3.94. The zero-order valence-electron chi connectivity index (χ0n) is 18.9. The topological polar surface area (TPSA) is 64.0 Å². The maximum Gasteiger partial charge on any atom is 0.283 e. The summed E-state index contributed by atoms with van der Waals surface area (Å²) in [6.45, 7) is 0. The molecule has 1 aliphatic heterocycles. The van der Waals surface area contributed by atoms with Gasteiger partial charge in [-0.05, 0) is 35.9 Å². The third-order valence-electron chi connectivity index (χ3n) is 5.46.